The lowest BCUT2D eigenvalue weighted by Crippen LogP contribution is -2.44. The molecule has 2 aromatic rings. The first kappa shape index (κ1) is 17.1. The maximum absolute atomic E-state index is 13.5. The van der Waals surface area contributed by atoms with Gasteiger partial charge < -0.3 is 15.0 Å². The van der Waals surface area contributed by atoms with Crippen molar-refractivity contribution in [2.24, 2.45) is 5.41 Å². The van der Waals surface area contributed by atoms with Crippen LogP contribution in [0, 0.1) is 5.41 Å². The Labute approximate surface area is 155 Å². The van der Waals surface area contributed by atoms with Crippen LogP contribution in [-0.2, 0) is 0 Å². The molecule has 1 saturated carbocycles. The summed E-state index contributed by atoms with van der Waals surface area (Å²) in [5.41, 5.74) is 0.931. The molecule has 1 unspecified atom stereocenters. The monoisotopic (exact) mass is 350 g/mol. The third-order valence-electron chi connectivity index (χ3n) is 5.48. The molecule has 2 aliphatic rings. The van der Waals surface area contributed by atoms with E-state index in [1.54, 1.807) is 0 Å². The number of nitrogens with zero attached hydrogens (tertiary/aromatic N) is 1. The van der Waals surface area contributed by atoms with Crippen LogP contribution in [0.25, 0.3) is 0 Å². The molecule has 1 amide bonds. The molecule has 1 aliphatic heterocycles. The molecule has 26 heavy (non-hydrogen) atoms. The molecule has 4 heteroatoms. The minimum absolute atomic E-state index is 0.0818. The predicted octanol–water partition coefficient (Wildman–Crippen LogP) is 4.08. The number of ether oxygens (including phenoxy) is 1. The standard InChI is InChI=1S/C22H26N2O2/c1-22(12-13-22)16-24(17-11-14-23-15-17)21(25)19-9-5-6-10-20(19)26-18-7-3-2-4-8-18/h2-10,17,23H,11-16H2,1H3. The number of hydrogen-bond donors (Lipinski definition) is 1. The molecule has 0 spiro atoms. The number of para-hydroxylation sites is 2. The van der Waals surface area contributed by atoms with E-state index < -0.39 is 0 Å². The van der Waals surface area contributed by atoms with Gasteiger partial charge in [-0.3, -0.25) is 4.79 Å². The molecular formula is C22H26N2O2. The summed E-state index contributed by atoms with van der Waals surface area (Å²) >= 11 is 0. The van der Waals surface area contributed by atoms with Gasteiger partial charge in [0.1, 0.15) is 11.5 Å². The molecule has 1 saturated heterocycles. The van der Waals surface area contributed by atoms with E-state index in [-0.39, 0.29) is 17.4 Å². The third-order valence-corrected chi connectivity index (χ3v) is 5.48. The predicted molar refractivity (Wildman–Crippen MR) is 103 cm³/mol. The van der Waals surface area contributed by atoms with E-state index in [4.69, 9.17) is 4.74 Å². The van der Waals surface area contributed by atoms with E-state index in [1.165, 1.54) is 12.8 Å². The maximum Gasteiger partial charge on any atom is 0.257 e. The summed E-state index contributed by atoms with van der Waals surface area (Å²) in [6, 6.07) is 17.5. The summed E-state index contributed by atoms with van der Waals surface area (Å²) in [5, 5.41) is 3.39. The van der Waals surface area contributed by atoms with Gasteiger partial charge in [-0.2, -0.15) is 0 Å². The molecule has 0 bridgehead atoms. The Balaban J connectivity index is 1.61. The van der Waals surface area contributed by atoms with Gasteiger partial charge in [-0.05, 0) is 55.5 Å². The van der Waals surface area contributed by atoms with Crippen LogP contribution in [0.5, 0.6) is 11.5 Å². The van der Waals surface area contributed by atoms with Gasteiger partial charge in [-0.1, -0.05) is 37.3 Å². The van der Waals surface area contributed by atoms with Crippen molar-refractivity contribution in [3.05, 3.63) is 60.2 Å². The van der Waals surface area contributed by atoms with Crippen LogP contribution in [0.15, 0.2) is 54.6 Å². The van der Waals surface area contributed by atoms with E-state index in [0.29, 0.717) is 11.3 Å². The summed E-state index contributed by atoms with van der Waals surface area (Å²) in [5.74, 6) is 1.45. The quantitative estimate of drug-likeness (QED) is 0.853. The summed E-state index contributed by atoms with van der Waals surface area (Å²) in [6.45, 7) is 4.97. The number of benzene rings is 2. The van der Waals surface area contributed by atoms with E-state index in [1.807, 2.05) is 54.6 Å². The van der Waals surface area contributed by atoms with Crippen molar-refractivity contribution in [1.82, 2.24) is 10.2 Å². The average molecular weight is 350 g/mol. The summed E-state index contributed by atoms with van der Waals surface area (Å²) in [7, 11) is 0. The largest absolute Gasteiger partial charge is 0.457 e. The number of carbonyl (C=O) groups is 1. The molecule has 0 aromatic heterocycles. The molecule has 1 atom stereocenters. The molecule has 1 aliphatic carbocycles. The van der Waals surface area contributed by atoms with Crippen molar-refractivity contribution < 1.29 is 9.53 Å². The van der Waals surface area contributed by atoms with Crippen LogP contribution in [-0.4, -0.2) is 36.5 Å². The lowest BCUT2D eigenvalue weighted by atomic mass is 10.0. The fraction of sp³-hybridized carbons (Fsp3) is 0.409. The zero-order chi connectivity index (χ0) is 18.0. The normalized spacial score (nSPS) is 20.6. The second kappa shape index (κ2) is 7.12. The highest BCUT2D eigenvalue weighted by Crippen LogP contribution is 2.46. The molecule has 2 fully saturated rings. The van der Waals surface area contributed by atoms with Gasteiger partial charge in [0.05, 0.1) is 5.56 Å². The number of nitrogens with one attached hydrogen (secondary N) is 1. The third kappa shape index (κ3) is 3.75. The van der Waals surface area contributed by atoms with Crippen molar-refractivity contribution in [3.8, 4) is 11.5 Å². The zero-order valence-corrected chi connectivity index (χ0v) is 15.3. The van der Waals surface area contributed by atoms with E-state index in [0.717, 1.165) is 31.8 Å². The lowest BCUT2D eigenvalue weighted by Gasteiger charge is -2.31. The van der Waals surface area contributed by atoms with Crippen molar-refractivity contribution >= 4 is 5.91 Å². The van der Waals surface area contributed by atoms with Crippen LogP contribution in [0.2, 0.25) is 0 Å². The van der Waals surface area contributed by atoms with E-state index in [2.05, 4.69) is 17.1 Å². The zero-order valence-electron chi connectivity index (χ0n) is 15.3. The summed E-state index contributed by atoms with van der Waals surface area (Å²) < 4.78 is 6.03. The second-order valence-corrected chi connectivity index (χ2v) is 7.80. The van der Waals surface area contributed by atoms with Gasteiger partial charge in [-0.25, -0.2) is 0 Å². The van der Waals surface area contributed by atoms with Gasteiger partial charge in [0.25, 0.3) is 5.91 Å². The number of rotatable bonds is 6. The van der Waals surface area contributed by atoms with Gasteiger partial charge in [0.15, 0.2) is 0 Å². The fourth-order valence-corrected chi connectivity index (χ4v) is 3.56. The molecule has 4 nitrogen and oxygen atoms in total. The molecule has 0 radical (unpaired) electrons. The minimum atomic E-state index is 0.0818. The molecule has 1 N–H and O–H groups in total. The molecule has 2 aromatic carbocycles. The number of amides is 1. The Kier molecular flexibility index (Phi) is 4.68. The van der Waals surface area contributed by atoms with E-state index >= 15 is 0 Å². The summed E-state index contributed by atoms with van der Waals surface area (Å²) in [4.78, 5) is 15.6. The smallest absolute Gasteiger partial charge is 0.257 e. The molecule has 136 valence electrons. The topological polar surface area (TPSA) is 41.6 Å². The Morgan fingerprint density at radius 1 is 1.15 bits per heavy atom. The first-order chi connectivity index (χ1) is 12.6. The highest BCUT2D eigenvalue weighted by molar-refractivity contribution is 5.97. The number of carbonyl (C=O) groups excluding carboxylic acids is 1. The SMILES string of the molecule is CC1(CN(C(=O)c2ccccc2Oc2ccccc2)C2CCNC2)CC1. The van der Waals surface area contributed by atoms with Crippen LogP contribution in [0.3, 0.4) is 0 Å². The van der Waals surface area contributed by atoms with Crippen molar-refractivity contribution in [2.45, 2.75) is 32.2 Å². The van der Waals surface area contributed by atoms with Crippen LogP contribution >= 0.6 is 0 Å². The molecular weight excluding hydrogens is 324 g/mol. The lowest BCUT2D eigenvalue weighted by molar-refractivity contribution is 0.0648. The van der Waals surface area contributed by atoms with Crippen molar-refractivity contribution in [1.29, 1.82) is 0 Å². The average Bonchev–Trinajstić information content (AvgIpc) is 3.16. The first-order valence-electron chi connectivity index (χ1n) is 9.48. The second-order valence-electron chi connectivity index (χ2n) is 7.80. The summed E-state index contributed by atoms with van der Waals surface area (Å²) in [6.07, 6.45) is 3.43. The highest BCUT2D eigenvalue weighted by Gasteiger charge is 2.42. The Morgan fingerprint density at radius 3 is 2.58 bits per heavy atom. The van der Waals surface area contributed by atoms with Crippen molar-refractivity contribution in [3.63, 3.8) is 0 Å². The van der Waals surface area contributed by atoms with E-state index in [9.17, 15) is 4.79 Å². The van der Waals surface area contributed by atoms with Crippen LogP contribution < -0.4 is 10.1 Å². The van der Waals surface area contributed by atoms with Crippen LogP contribution in [0.4, 0.5) is 0 Å². The number of hydrogen-bond acceptors (Lipinski definition) is 3. The Morgan fingerprint density at radius 2 is 1.88 bits per heavy atom. The Hall–Kier alpha value is -2.33. The molecule has 1 heterocycles. The maximum atomic E-state index is 13.5. The minimum Gasteiger partial charge on any atom is -0.457 e. The van der Waals surface area contributed by atoms with Gasteiger partial charge in [0.2, 0.25) is 0 Å². The fourth-order valence-electron chi connectivity index (χ4n) is 3.56. The van der Waals surface area contributed by atoms with Crippen LogP contribution in [0.1, 0.15) is 36.5 Å². The first-order valence-corrected chi connectivity index (χ1v) is 9.48. The highest BCUT2D eigenvalue weighted by atomic mass is 16.5. The van der Waals surface area contributed by atoms with Gasteiger partial charge in [0, 0.05) is 19.1 Å². The van der Waals surface area contributed by atoms with Gasteiger partial charge >= 0.3 is 0 Å². The van der Waals surface area contributed by atoms with Gasteiger partial charge in [-0.15, -0.1) is 0 Å². The van der Waals surface area contributed by atoms with Crippen molar-refractivity contribution in [2.75, 3.05) is 19.6 Å². The molecule has 4 rings (SSSR count). The Bertz CT molecular complexity index is 765.